The van der Waals surface area contributed by atoms with E-state index in [0.29, 0.717) is 19.3 Å². The van der Waals surface area contributed by atoms with Crippen molar-refractivity contribution < 1.29 is 28.6 Å². The van der Waals surface area contributed by atoms with Crippen molar-refractivity contribution in [1.29, 1.82) is 0 Å². The largest absolute Gasteiger partial charge is 0.462 e. The molecule has 0 saturated heterocycles. The molecular formula is C72H134O6. The van der Waals surface area contributed by atoms with Gasteiger partial charge in [-0.05, 0) is 77.0 Å². The maximum absolute atomic E-state index is 12.9. The highest BCUT2D eigenvalue weighted by Crippen LogP contribution is 2.18. The first-order valence-electron chi connectivity index (χ1n) is 35.0. The van der Waals surface area contributed by atoms with Gasteiger partial charge >= 0.3 is 17.9 Å². The molecule has 0 N–H and O–H groups in total. The van der Waals surface area contributed by atoms with Crippen LogP contribution in [0.1, 0.15) is 387 Å². The predicted octanol–water partition coefficient (Wildman–Crippen LogP) is 23.9. The van der Waals surface area contributed by atoms with Crippen LogP contribution >= 0.6 is 0 Å². The Morgan fingerprint density at radius 1 is 0.256 bits per heavy atom. The number of carbonyl (C=O) groups is 3. The van der Waals surface area contributed by atoms with Crippen molar-refractivity contribution in [2.75, 3.05) is 13.2 Å². The number of rotatable bonds is 65. The molecule has 0 spiro atoms. The van der Waals surface area contributed by atoms with E-state index in [0.717, 1.165) is 64.2 Å². The molecule has 6 heteroatoms. The van der Waals surface area contributed by atoms with Gasteiger partial charge in [0.25, 0.3) is 0 Å². The van der Waals surface area contributed by atoms with E-state index in [4.69, 9.17) is 14.2 Å². The second-order valence-corrected chi connectivity index (χ2v) is 23.8. The third-order valence-corrected chi connectivity index (χ3v) is 15.9. The summed E-state index contributed by atoms with van der Waals surface area (Å²) in [7, 11) is 0. The van der Waals surface area contributed by atoms with E-state index in [1.54, 1.807) is 0 Å². The maximum atomic E-state index is 12.9. The Kier molecular flexibility index (Phi) is 65.1. The maximum Gasteiger partial charge on any atom is 0.306 e. The third-order valence-electron chi connectivity index (χ3n) is 15.9. The molecule has 1 atom stereocenters. The monoisotopic (exact) mass is 1100 g/mol. The summed E-state index contributed by atoms with van der Waals surface area (Å²) in [6.45, 7) is 6.63. The fraction of sp³-hybridized carbons (Fsp3) is 0.875. The van der Waals surface area contributed by atoms with Crippen LogP contribution in [-0.2, 0) is 28.6 Å². The van der Waals surface area contributed by atoms with Gasteiger partial charge in [0.05, 0.1) is 0 Å². The molecule has 0 fully saturated rings. The highest BCUT2D eigenvalue weighted by Gasteiger charge is 2.19. The second-order valence-electron chi connectivity index (χ2n) is 23.8. The molecule has 0 amide bonds. The third kappa shape index (κ3) is 64.5. The predicted molar refractivity (Wildman–Crippen MR) is 339 cm³/mol. The van der Waals surface area contributed by atoms with Crippen LogP contribution in [0.3, 0.4) is 0 Å². The van der Waals surface area contributed by atoms with Crippen LogP contribution in [0.25, 0.3) is 0 Å². The Bertz CT molecular complexity index is 1300. The first kappa shape index (κ1) is 75.6. The lowest BCUT2D eigenvalue weighted by molar-refractivity contribution is -0.167. The summed E-state index contributed by atoms with van der Waals surface area (Å²) in [6, 6.07) is 0. The zero-order valence-electron chi connectivity index (χ0n) is 52.7. The van der Waals surface area contributed by atoms with Crippen LogP contribution in [0.5, 0.6) is 0 Å². The normalized spacial score (nSPS) is 12.2. The van der Waals surface area contributed by atoms with Crippen LogP contribution in [-0.4, -0.2) is 37.2 Å². The Labute approximate surface area is 486 Å². The van der Waals surface area contributed by atoms with E-state index < -0.39 is 6.10 Å². The van der Waals surface area contributed by atoms with Gasteiger partial charge in [-0.3, -0.25) is 14.4 Å². The molecule has 0 saturated carbocycles. The highest BCUT2D eigenvalue weighted by molar-refractivity contribution is 5.71. The van der Waals surface area contributed by atoms with E-state index in [1.807, 2.05) is 0 Å². The minimum Gasteiger partial charge on any atom is -0.462 e. The standard InChI is InChI=1S/C72H134O6/c1-4-7-10-13-16-18-20-22-24-26-28-30-31-32-33-34-35-36-37-38-39-40-41-43-44-46-48-50-52-54-56-59-62-65-71(74)77-68-69(67-76-70(73)64-61-58-15-12-9-6-3)78-72(75)66-63-60-57-55-53-51-49-47-45-42-29-27-25-23-21-19-17-14-11-8-5-2/h21,23,26-29,69H,4-20,22,24-25,30-68H2,1-3H3/b23-21-,28-26-,29-27-. The molecule has 6 nitrogen and oxygen atoms in total. The van der Waals surface area contributed by atoms with Crippen molar-refractivity contribution in [3.63, 3.8) is 0 Å². The van der Waals surface area contributed by atoms with Gasteiger partial charge in [0.1, 0.15) is 13.2 Å². The van der Waals surface area contributed by atoms with E-state index in [1.165, 1.54) is 283 Å². The Morgan fingerprint density at radius 3 is 0.718 bits per heavy atom. The number of hydrogen-bond donors (Lipinski definition) is 0. The van der Waals surface area contributed by atoms with Crippen LogP contribution < -0.4 is 0 Å². The van der Waals surface area contributed by atoms with Gasteiger partial charge in [-0.25, -0.2) is 0 Å². The lowest BCUT2D eigenvalue weighted by Crippen LogP contribution is -2.30. The van der Waals surface area contributed by atoms with Crippen molar-refractivity contribution in [2.45, 2.75) is 393 Å². The fourth-order valence-electron chi connectivity index (χ4n) is 10.6. The Morgan fingerprint density at radius 2 is 0.462 bits per heavy atom. The molecule has 0 heterocycles. The summed E-state index contributed by atoms with van der Waals surface area (Å²) < 4.78 is 16.8. The zero-order chi connectivity index (χ0) is 56.4. The van der Waals surface area contributed by atoms with Crippen LogP contribution in [0.2, 0.25) is 0 Å². The lowest BCUT2D eigenvalue weighted by atomic mass is 10.0. The van der Waals surface area contributed by atoms with Crippen molar-refractivity contribution in [3.8, 4) is 0 Å². The second kappa shape index (κ2) is 67.1. The average Bonchev–Trinajstić information content (AvgIpc) is 3.44. The molecule has 0 aromatic rings. The quantitative estimate of drug-likeness (QED) is 0.0261. The average molecular weight is 1100 g/mol. The molecule has 0 aromatic heterocycles. The summed E-state index contributed by atoms with van der Waals surface area (Å²) in [4.78, 5) is 38.1. The smallest absolute Gasteiger partial charge is 0.306 e. The number of hydrogen-bond acceptors (Lipinski definition) is 6. The molecule has 458 valence electrons. The molecule has 0 aliphatic heterocycles. The number of carbonyl (C=O) groups excluding carboxylic acids is 3. The highest BCUT2D eigenvalue weighted by atomic mass is 16.6. The van der Waals surface area contributed by atoms with Gasteiger partial charge in [0.15, 0.2) is 6.10 Å². The zero-order valence-corrected chi connectivity index (χ0v) is 52.7. The van der Waals surface area contributed by atoms with Gasteiger partial charge < -0.3 is 14.2 Å². The lowest BCUT2D eigenvalue weighted by Gasteiger charge is -2.18. The van der Waals surface area contributed by atoms with Gasteiger partial charge in [0.2, 0.25) is 0 Å². The number of ether oxygens (including phenoxy) is 3. The van der Waals surface area contributed by atoms with Gasteiger partial charge in [-0.2, -0.15) is 0 Å². The van der Waals surface area contributed by atoms with Gasteiger partial charge in [-0.15, -0.1) is 0 Å². The summed E-state index contributed by atoms with van der Waals surface area (Å²) >= 11 is 0. The molecule has 0 bridgehead atoms. The number of esters is 3. The number of unbranched alkanes of at least 4 members (excludes halogenated alkanes) is 48. The van der Waals surface area contributed by atoms with E-state index >= 15 is 0 Å². The molecule has 0 aliphatic rings. The molecule has 0 rings (SSSR count). The van der Waals surface area contributed by atoms with E-state index in [-0.39, 0.29) is 31.1 Å². The Balaban J connectivity index is 3.94. The Hall–Kier alpha value is -2.37. The van der Waals surface area contributed by atoms with Crippen molar-refractivity contribution in [2.24, 2.45) is 0 Å². The minimum absolute atomic E-state index is 0.0693. The molecule has 0 radical (unpaired) electrons. The first-order chi connectivity index (χ1) is 38.5. The molecule has 1 unspecified atom stereocenters. The van der Waals surface area contributed by atoms with Crippen molar-refractivity contribution in [3.05, 3.63) is 36.5 Å². The topological polar surface area (TPSA) is 78.9 Å². The molecular weight excluding hydrogens is 961 g/mol. The molecule has 0 aromatic carbocycles. The molecule has 78 heavy (non-hydrogen) atoms. The van der Waals surface area contributed by atoms with Crippen LogP contribution in [0.4, 0.5) is 0 Å². The van der Waals surface area contributed by atoms with Gasteiger partial charge in [0, 0.05) is 19.3 Å². The van der Waals surface area contributed by atoms with Crippen molar-refractivity contribution in [1.82, 2.24) is 0 Å². The SMILES string of the molecule is CCCCCCC/C=C\C/C=C\CCCCCCCCCCCC(=O)OC(COC(=O)CCCCCCCC)COC(=O)CCCCCCCCCCCCCCCCCCCCCCC/C=C\CCCCCCCCCC. The van der Waals surface area contributed by atoms with Gasteiger partial charge in [-0.1, -0.05) is 327 Å². The summed E-state index contributed by atoms with van der Waals surface area (Å²) in [5.41, 5.74) is 0. The molecule has 0 aliphatic carbocycles. The van der Waals surface area contributed by atoms with Crippen LogP contribution in [0, 0.1) is 0 Å². The first-order valence-corrected chi connectivity index (χ1v) is 35.0. The fourth-order valence-corrected chi connectivity index (χ4v) is 10.6. The van der Waals surface area contributed by atoms with E-state index in [2.05, 4.69) is 57.2 Å². The summed E-state index contributed by atoms with van der Waals surface area (Å²) in [6.07, 6.45) is 83.7. The summed E-state index contributed by atoms with van der Waals surface area (Å²) in [5, 5.41) is 0. The van der Waals surface area contributed by atoms with Crippen molar-refractivity contribution >= 4 is 17.9 Å². The number of allylic oxidation sites excluding steroid dienone is 6. The minimum atomic E-state index is -0.769. The van der Waals surface area contributed by atoms with E-state index in [9.17, 15) is 14.4 Å². The van der Waals surface area contributed by atoms with Crippen LogP contribution in [0.15, 0.2) is 36.5 Å². The summed E-state index contributed by atoms with van der Waals surface area (Å²) in [5.74, 6) is -0.860.